The maximum atomic E-state index is 13.3. The smallest absolute Gasteiger partial charge is 0.261 e. The van der Waals surface area contributed by atoms with Gasteiger partial charge in [0.1, 0.15) is 11.9 Å². The van der Waals surface area contributed by atoms with Crippen LogP contribution in [0.15, 0.2) is 83.8 Å². The van der Waals surface area contributed by atoms with Gasteiger partial charge in [0.15, 0.2) is 0 Å². The van der Waals surface area contributed by atoms with Crippen molar-refractivity contribution in [1.29, 1.82) is 0 Å². The summed E-state index contributed by atoms with van der Waals surface area (Å²) in [7, 11) is 1.45. The standard InChI is InChI=1S/C24H22ClFN2O4S/c1-2-28(24(30)18-8-10-19(26)11-9-18)22(16-17-6-4-3-5-7-17)23(29)27-20-12-14-21(15-13-20)33(25,31)32/h3-15,22H,2,16H2,1H3,(H,27,29). The lowest BCUT2D eigenvalue weighted by Crippen LogP contribution is -2.48. The number of likely N-dealkylation sites (N-methyl/N-ethyl adjacent to an activating group) is 1. The van der Waals surface area contributed by atoms with E-state index in [-0.39, 0.29) is 23.4 Å². The molecular formula is C24H22ClFN2O4S. The Morgan fingerprint density at radius 2 is 1.58 bits per heavy atom. The van der Waals surface area contributed by atoms with Gasteiger partial charge in [-0.3, -0.25) is 9.59 Å². The number of carbonyl (C=O) groups is 2. The third-order valence-electron chi connectivity index (χ3n) is 5.05. The SMILES string of the molecule is CCN(C(=O)c1ccc(F)cc1)C(Cc1ccccc1)C(=O)Nc1ccc(S(=O)(=O)Cl)cc1. The van der Waals surface area contributed by atoms with Crippen LogP contribution in [-0.2, 0) is 20.3 Å². The average Bonchev–Trinajstić information content (AvgIpc) is 2.79. The summed E-state index contributed by atoms with van der Waals surface area (Å²) in [6, 6.07) is 18.9. The molecule has 1 N–H and O–H groups in total. The topological polar surface area (TPSA) is 83.6 Å². The second kappa shape index (κ2) is 10.6. The van der Waals surface area contributed by atoms with Gasteiger partial charge in [-0.25, -0.2) is 12.8 Å². The minimum atomic E-state index is -3.89. The van der Waals surface area contributed by atoms with Crippen LogP contribution in [0.5, 0.6) is 0 Å². The first kappa shape index (κ1) is 24.4. The van der Waals surface area contributed by atoms with E-state index in [0.717, 1.165) is 5.56 Å². The number of anilines is 1. The maximum Gasteiger partial charge on any atom is 0.261 e. The maximum absolute atomic E-state index is 13.3. The molecule has 172 valence electrons. The molecule has 6 nitrogen and oxygen atoms in total. The zero-order valence-corrected chi connectivity index (χ0v) is 19.3. The summed E-state index contributed by atoms with van der Waals surface area (Å²) in [5.41, 5.74) is 1.47. The first-order valence-electron chi connectivity index (χ1n) is 10.1. The molecule has 0 bridgehead atoms. The number of halogens is 2. The second-order valence-corrected chi connectivity index (χ2v) is 9.82. The fourth-order valence-electron chi connectivity index (χ4n) is 3.37. The van der Waals surface area contributed by atoms with Crippen molar-refractivity contribution in [3.05, 3.63) is 95.8 Å². The van der Waals surface area contributed by atoms with Crippen molar-refractivity contribution >= 4 is 37.2 Å². The van der Waals surface area contributed by atoms with Crippen LogP contribution in [0.2, 0.25) is 0 Å². The number of carbonyl (C=O) groups excluding carboxylic acids is 2. The van der Waals surface area contributed by atoms with Crippen molar-refractivity contribution < 1.29 is 22.4 Å². The van der Waals surface area contributed by atoms with Gasteiger partial charge >= 0.3 is 0 Å². The third kappa shape index (κ3) is 6.40. The Balaban J connectivity index is 1.89. The Hall–Kier alpha value is -3.23. The van der Waals surface area contributed by atoms with Gasteiger partial charge in [0.2, 0.25) is 5.91 Å². The molecule has 0 heterocycles. The molecule has 1 unspecified atom stereocenters. The zero-order valence-electron chi connectivity index (χ0n) is 17.7. The number of nitrogens with one attached hydrogen (secondary N) is 1. The van der Waals surface area contributed by atoms with E-state index < -0.39 is 32.7 Å². The Bertz CT molecular complexity index is 1220. The third-order valence-corrected chi connectivity index (χ3v) is 6.42. The van der Waals surface area contributed by atoms with E-state index in [1.165, 1.54) is 53.4 Å². The van der Waals surface area contributed by atoms with Gasteiger partial charge in [-0.05, 0) is 61.0 Å². The van der Waals surface area contributed by atoms with E-state index in [4.69, 9.17) is 10.7 Å². The van der Waals surface area contributed by atoms with Gasteiger partial charge in [0.05, 0.1) is 4.90 Å². The fourth-order valence-corrected chi connectivity index (χ4v) is 4.14. The Labute approximate surface area is 196 Å². The summed E-state index contributed by atoms with van der Waals surface area (Å²) in [6.45, 7) is 2.00. The molecule has 0 saturated heterocycles. The molecule has 0 aliphatic heterocycles. The number of amides is 2. The molecule has 1 atom stereocenters. The van der Waals surface area contributed by atoms with Crippen LogP contribution in [0.1, 0.15) is 22.8 Å². The second-order valence-electron chi connectivity index (χ2n) is 7.26. The summed E-state index contributed by atoms with van der Waals surface area (Å²) in [5, 5.41) is 2.74. The molecule has 0 saturated carbocycles. The first-order chi connectivity index (χ1) is 15.7. The predicted molar refractivity (Wildman–Crippen MR) is 125 cm³/mol. The van der Waals surface area contributed by atoms with E-state index in [0.29, 0.717) is 5.69 Å². The van der Waals surface area contributed by atoms with E-state index >= 15 is 0 Å². The van der Waals surface area contributed by atoms with Crippen LogP contribution in [-0.4, -0.2) is 37.7 Å². The Kier molecular flexibility index (Phi) is 7.84. The van der Waals surface area contributed by atoms with Crippen LogP contribution in [0.4, 0.5) is 10.1 Å². The van der Waals surface area contributed by atoms with Gasteiger partial charge in [0, 0.05) is 34.9 Å². The number of rotatable bonds is 8. The molecule has 3 aromatic carbocycles. The molecule has 0 radical (unpaired) electrons. The van der Waals surface area contributed by atoms with Crippen molar-refractivity contribution in [2.45, 2.75) is 24.3 Å². The molecule has 3 aromatic rings. The molecule has 0 aliphatic carbocycles. The first-order valence-corrected chi connectivity index (χ1v) is 12.5. The fraction of sp³-hybridized carbons (Fsp3) is 0.167. The normalized spacial score (nSPS) is 12.1. The van der Waals surface area contributed by atoms with Crippen LogP contribution >= 0.6 is 10.7 Å². The van der Waals surface area contributed by atoms with Crippen LogP contribution in [0.25, 0.3) is 0 Å². The largest absolute Gasteiger partial charge is 0.327 e. The van der Waals surface area contributed by atoms with Crippen LogP contribution in [0.3, 0.4) is 0 Å². The number of hydrogen-bond donors (Lipinski definition) is 1. The lowest BCUT2D eigenvalue weighted by molar-refractivity contribution is -0.120. The predicted octanol–water partition coefficient (Wildman–Crippen LogP) is 4.47. The molecule has 0 aliphatic rings. The summed E-state index contributed by atoms with van der Waals surface area (Å²) < 4.78 is 36.2. The summed E-state index contributed by atoms with van der Waals surface area (Å²) in [6.07, 6.45) is 0.252. The van der Waals surface area contributed by atoms with Gasteiger partial charge in [0.25, 0.3) is 15.0 Å². The highest BCUT2D eigenvalue weighted by Gasteiger charge is 2.30. The van der Waals surface area contributed by atoms with E-state index in [1.54, 1.807) is 6.92 Å². The number of hydrogen-bond acceptors (Lipinski definition) is 4. The monoisotopic (exact) mass is 488 g/mol. The lowest BCUT2D eigenvalue weighted by atomic mass is 10.0. The minimum Gasteiger partial charge on any atom is -0.327 e. The van der Waals surface area contributed by atoms with Crippen molar-refractivity contribution in [1.82, 2.24) is 4.90 Å². The average molecular weight is 489 g/mol. The molecule has 33 heavy (non-hydrogen) atoms. The summed E-state index contributed by atoms with van der Waals surface area (Å²) in [5.74, 6) is -1.31. The van der Waals surface area contributed by atoms with Crippen molar-refractivity contribution in [2.75, 3.05) is 11.9 Å². The van der Waals surface area contributed by atoms with Crippen molar-refractivity contribution in [3.63, 3.8) is 0 Å². The highest BCUT2D eigenvalue weighted by Crippen LogP contribution is 2.20. The molecule has 0 aromatic heterocycles. The highest BCUT2D eigenvalue weighted by molar-refractivity contribution is 8.13. The van der Waals surface area contributed by atoms with E-state index in [9.17, 15) is 22.4 Å². The van der Waals surface area contributed by atoms with Gasteiger partial charge in [-0.1, -0.05) is 30.3 Å². The number of nitrogens with zero attached hydrogens (tertiary/aromatic N) is 1. The molecule has 3 rings (SSSR count). The summed E-state index contributed by atoms with van der Waals surface area (Å²) >= 11 is 0. The minimum absolute atomic E-state index is 0.0929. The molecular weight excluding hydrogens is 467 g/mol. The van der Waals surface area contributed by atoms with Crippen LogP contribution in [0, 0.1) is 5.82 Å². The lowest BCUT2D eigenvalue weighted by Gasteiger charge is -2.30. The Morgan fingerprint density at radius 3 is 2.12 bits per heavy atom. The van der Waals surface area contributed by atoms with E-state index in [2.05, 4.69) is 5.32 Å². The van der Waals surface area contributed by atoms with Gasteiger partial charge < -0.3 is 10.2 Å². The van der Waals surface area contributed by atoms with Gasteiger partial charge in [-0.2, -0.15) is 0 Å². The summed E-state index contributed by atoms with van der Waals surface area (Å²) in [4.78, 5) is 27.8. The molecule has 0 fully saturated rings. The van der Waals surface area contributed by atoms with Crippen LogP contribution < -0.4 is 5.32 Å². The van der Waals surface area contributed by atoms with Gasteiger partial charge in [-0.15, -0.1) is 0 Å². The molecule has 0 spiro atoms. The highest BCUT2D eigenvalue weighted by atomic mass is 35.7. The number of benzene rings is 3. The van der Waals surface area contributed by atoms with E-state index in [1.807, 2.05) is 30.3 Å². The van der Waals surface area contributed by atoms with Crippen molar-refractivity contribution in [2.24, 2.45) is 0 Å². The zero-order chi connectivity index (χ0) is 24.0. The molecule has 9 heteroatoms. The quantitative estimate of drug-likeness (QED) is 0.474. The Morgan fingerprint density at radius 1 is 0.970 bits per heavy atom. The molecule has 2 amide bonds. The van der Waals surface area contributed by atoms with Crippen molar-refractivity contribution in [3.8, 4) is 0 Å².